The molecule has 0 bridgehead atoms. The Bertz CT molecular complexity index is 1980. The molecule has 6 rings (SSSR count). The maximum atomic E-state index is 12.6. The van der Waals surface area contributed by atoms with Crippen molar-refractivity contribution in [2.24, 2.45) is 0 Å². The van der Waals surface area contributed by atoms with E-state index < -0.39 is 260 Å². The molecule has 0 saturated carbocycles. The summed E-state index contributed by atoms with van der Waals surface area (Å²) >= 11 is 0. The fourth-order valence-corrected chi connectivity index (χ4v) is 10.2. The first-order chi connectivity index (χ1) is 38.6. The molecule has 36 heteroatoms. The largest absolute Gasteiger partial charge is 0.394 e. The van der Waals surface area contributed by atoms with Crippen molar-refractivity contribution in [2.75, 3.05) is 39.6 Å². The lowest BCUT2D eigenvalue weighted by molar-refractivity contribution is -0.414. The summed E-state index contributed by atoms with van der Waals surface area (Å²) in [5.74, 6) is -1.64. The van der Waals surface area contributed by atoms with Crippen molar-refractivity contribution in [3.05, 3.63) is 0 Å². The van der Waals surface area contributed by atoms with Crippen LogP contribution in [0, 0.1) is 0 Å². The van der Waals surface area contributed by atoms with Crippen molar-refractivity contribution in [1.82, 2.24) is 10.6 Å². The van der Waals surface area contributed by atoms with Crippen LogP contribution in [0.1, 0.15) is 27.7 Å². The summed E-state index contributed by atoms with van der Waals surface area (Å²) in [5, 5.41) is 222. The highest BCUT2D eigenvalue weighted by atomic mass is 16.8. The zero-order chi connectivity index (χ0) is 60.9. The maximum absolute atomic E-state index is 12.6. The minimum Gasteiger partial charge on any atom is -0.394 e. The number of nitrogens with one attached hydrogen (secondary N) is 2. The van der Waals surface area contributed by atoms with Gasteiger partial charge in [0.1, 0.15) is 153 Å². The van der Waals surface area contributed by atoms with Crippen LogP contribution >= 0.6 is 0 Å². The van der Waals surface area contributed by atoms with Crippen LogP contribution in [0.2, 0.25) is 0 Å². The second-order valence-electron chi connectivity index (χ2n) is 20.8. The van der Waals surface area contributed by atoms with Crippen molar-refractivity contribution in [2.45, 2.75) is 236 Å². The number of amides is 2. The van der Waals surface area contributed by atoms with Crippen molar-refractivity contribution < 1.29 is 169 Å². The monoisotopic (exact) mass is 1200 g/mol. The number of rotatable bonds is 23. The molecule has 0 radical (unpaired) electrons. The van der Waals surface area contributed by atoms with Gasteiger partial charge in [-0.15, -0.1) is 0 Å². The van der Waals surface area contributed by atoms with E-state index in [4.69, 9.17) is 56.8 Å². The summed E-state index contributed by atoms with van der Waals surface area (Å²) in [6.07, 6.45) is -63.8. The molecule has 478 valence electrons. The van der Waals surface area contributed by atoms with Gasteiger partial charge in [0.25, 0.3) is 0 Å². The van der Waals surface area contributed by atoms with Gasteiger partial charge in [0.05, 0.1) is 57.9 Å². The number of aliphatic hydroxyl groups is 20. The zero-order valence-corrected chi connectivity index (χ0v) is 44.5. The molecule has 0 aromatic carbocycles. The molecule has 34 atom stereocenters. The van der Waals surface area contributed by atoms with Gasteiger partial charge in [-0.2, -0.15) is 0 Å². The lowest BCUT2D eigenvalue weighted by Crippen LogP contribution is -2.69. The average Bonchev–Trinajstić information content (AvgIpc) is 3.59. The summed E-state index contributed by atoms with van der Waals surface area (Å²) < 4.78 is 70.4. The van der Waals surface area contributed by atoms with Crippen LogP contribution in [0.25, 0.3) is 0 Å². The predicted molar refractivity (Wildman–Crippen MR) is 254 cm³/mol. The molecule has 0 aromatic rings. The predicted octanol–water partition coefficient (Wildman–Crippen LogP) is -14.3. The van der Waals surface area contributed by atoms with Gasteiger partial charge in [0, 0.05) is 13.8 Å². The molecular formula is C46H80N2O34. The highest BCUT2D eigenvalue weighted by Gasteiger charge is 2.59. The van der Waals surface area contributed by atoms with Gasteiger partial charge >= 0.3 is 0 Å². The van der Waals surface area contributed by atoms with Crippen LogP contribution in [0.4, 0.5) is 0 Å². The third-order valence-electron chi connectivity index (χ3n) is 14.9. The fourth-order valence-electron chi connectivity index (χ4n) is 10.2. The number of carbonyl (C=O) groups excluding carboxylic acids is 2. The third kappa shape index (κ3) is 15.3. The Morgan fingerprint density at radius 1 is 0.439 bits per heavy atom. The number of aliphatic hydroxyl groups excluding tert-OH is 20. The van der Waals surface area contributed by atoms with Gasteiger partial charge < -0.3 is 170 Å². The Morgan fingerprint density at radius 2 is 0.866 bits per heavy atom. The van der Waals surface area contributed by atoms with Crippen LogP contribution in [0.15, 0.2) is 0 Å². The fraction of sp³-hybridized carbons (Fsp3) is 0.957. The summed E-state index contributed by atoms with van der Waals surface area (Å²) in [4.78, 5) is 24.7. The molecule has 22 N–H and O–H groups in total. The Labute approximate surface area is 466 Å². The number of carbonyl (C=O) groups is 2. The second-order valence-corrected chi connectivity index (χ2v) is 20.8. The topological polar surface area (TPSA) is 574 Å². The normalized spacial score (nSPS) is 47.2. The van der Waals surface area contributed by atoms with E-state index in [-0.39, 0.29) is 0 Å². The lowest BCUT2D eigenvalue weighted by Gasteiger charge is -2.51. The molecule has 6 saturated heterocycles. The first-order valence-corrected chi connectivity index (χ1v) is 26.3. The van der Waals surface area contributed by atoms with Crippen LogP contribution in [0.5, 0.6) is 0 Å². The Hall–Kier alpha value is -2.34. The summed E-state index contributed by atoms with van der Waals surface area (Å²) in [5.41, 5.74) is 0. The zero-order valence-electron chi connectivity index (χ0n) is 44.5. The van der Waals surface area contributed by atoms with Gasteiger partial charge in [-0.3, -0.25) is 9.59 Å². The van der Waals surface area contributed by atoms with E-state index >= 15 is 0 Å². The highest BCUT2D eigenvalue weighted by Crippen LogP contribution is 2.38. The smallest absolute Gasteiger partial charge is 0.217 e. The van der Waals surface area contributed by atoms with E-state index in [1.165, 1.54) is 13.8 Å². The van der Waals surface area contributed by atoms with E-state index in [9.17, 15) is 112 Å². The summed E-state index contributed by atoms with van der Waals surface area (Å²) in [6.45, 7) is -1.82. The Balaban J connectivity index is 1.40. The summed E-state index contributed by atoms with van der Waals surface area (Å²) in [7, 11) is 0. The first-order valence-electron chi connectivity index (χ1n) is 26.3. The quantitative estimate of drug-likeness (QED) is 0.0452. The van der Waals surface area contributed by atoms with Crippen LogP contribution in [-0.2, 0) is 66.4 Å². The van der Waals surface area contributed by atoms with Gasteiger partial charge in [0.15, 0.2) is 37.7 Å². The SMILES string of the molecule is CC(=O)NC(CO)C(OC1OC(CO)C(O)C(OC2OC(CO)C(OC3OC(CO)C(O)C(O)C3O)C(O)C2OC2OC(C)C(O)C(O)C2O)C1OC1OC(C)C(O)C(O)C1O)C(O)C(O)COC1OC(CO)C(O)C(O)C1NC(C)=O. The van der Waals surface area contributed by atoms with Crippen molar-refractivity contribution in [1.29, 1.82) is 0 Å². The standard InChI is InChI=1S/C46H80N2O34/c1-11-22(57)29(64)32(67)42(72-11)81-39-35(70)37(79-44-34(69)31(66)26(61)18(7-51)75-44)20(9-53)77-45(39)80-38-27(62)19(8-52)76-46(40(38)82-43-33(68)30(65)23(58)12(2)73-43)78-36(15(5-49)47-13(3)54)24(59)16(56)10-71-41-21(48-14(4)55)28(63)25(60)17(6-50)74-41/h11-12,15-46,49-53,56-70H,5-10H2,1-4H3,(H,47,54)(H,48,55). The van der Waals surface area contributed by atoms with E-state index in [1.807, 2.05) is 0 Å². The number of hydrogen-bond acceptors (Lipinski definition) is 34. The van der Waals surface area contributed by atoms with Crippen molar-refractivity contribution in [3.63, 3.8) is 0 Å². The van der Waals surface area contributed by atoms with E-state index in [2.05, 4.69) is 10.6 Å². The Morgan fingerprint density at radius 3 is 1.37 bits per heavy atom. The van der Waals surface area contributed by atoms with Crippen LogP contribution in [-0.4, -0.2) is 362 Å². The molecule has 6 heterocycles. The highest BCUT2D eigenvalue weighted by molar-refractivity contribution is 5.73. The minimum absolute atomic E-state index is 0.755. The Kier molecular flexibility index (Phi) is 25.2. The number of hydrogen-bond donors (Lipinski definition) is 22. The molecule has 6 fully saturated rings. The molecule has 6 aliphatic rings. The van der Waals surface area contributed by atoms with Gasteiger partial charge in [-0.05, 0) is 13.8 Å². The van der Waals surface area contributed by atoms with Gasteiger partial charge in [-0.1, -0.05) is 0 Å². The minimum atomic E-state index is -2.40. The molecule has 6 aliphatic heterocycles. The average molecular weight is 1210 g/mol. The third-order valence-corrected chi connectivity index (χ3v) is 14.9. The van der Waals surface area contributed by atoms with E-state index in [0.29, 0.717) is 0 Å². The van der Waals surface area contributed by atoms with E-state index in [1.54, 1.807) is 0 Å². The molecule has 82 heavy (non-hydrogen) atoms. The van der Waals surface area contributed by atoms with Crippen LogP contribution in [0.3, 0.4) is 0 Å². The molecule has 34 unspecified atom stereocenters. The summed E-state index contributed by atoms with van der Waals surface area (Å²) in [6, 6.07) is -3.36. The molecule has 0 spiro atoms. The lowest BCUT2D eigenvalue weighted by atomic mass is 9.94. The second kappa shape index (κ2) is 30.0. The first kappa shape index (κ1) is 68.8. The maximum Gasteiger partial charge on any atom is 0.217 e. The van der Waals surface area contributed by atoms with Gasteiger partial charge in [0.2, 0.25) is 11.8 Å². The molecular weight excluding hydrogens is 1120 g/mol. The van der Waals surface area contributed by atoms with Crippen molar-refractivity contribution in [3.8, 4) is 0 Å². The van der Waals surface area contributed by atoms with Gasteiger partial charge in [-0.25, -0.2) is 0 Å². The molecule has 2 amide bonds. The van der Waals surface area contributed by atoms with Crippen molar-refractivity contribution >= 4 is 11.8 Å². The molecule has 36 nitrogen and oxygen atoms in total. The molecule has 0 aromatic heterocycles. The molecule has 0 aliphatic carbocycles. The van der Waals surface area contributed by atoms with Crippen LogP contribution < -0.4 is 10.6 Å². The van der Waals surface area contributed by atoms with E-state index in [0.717, 1.165) is 13.8 Å². The number of ether oxygens (including phenoxy) is 12.